The van der Waals surface area contributed by atoms with Gasteiger partial charge in [-0.25, -0.2) is 4.85 Å². The number of anilines is 1. The molecule has 0 saturated carbocycles. The molecule has 4 rings (SSSR count). The molecule has 0 unspecified atom stereocenters. The largest absolute Gasteiger partial charge is 0.497 e. The fourth-order valence-corrected chi connectivity index (χ4v) is 4.02. The molecule has 0 aliphatic carbocycles. The van der Waals surface area contributed by atoms with Gasteiger partial charge >= 0.3 is 0 Å². The van der Waals surface area contributed by atoms with E-state index in [2.05, 4.69) is 20.5 Å². The van der Waals surface area contributed by atoms with Crippen LogP contribution in [0, 0.1) is 6.57 Å². The maximum atomic E-state index is 13.4. The Kier molecular flexibility index (Phi) is 8.66. The number of methoxy groups -OCH3 is 1. The Balaban J connectivity index is 1.46. The molecule has 0 radical (unpaired) electrons. The Morgan fingerprint density at radius 2 is 1.55 bits per heavy atom. The van der Waals surface area contributed by atoms with E-state index in [4.69, 9.17) is 16.0 Å². The van der Waals surface area contributed by atoms with E-state index in [1.165, 1.54) is 0 Å². The molecule has 3 amide bonds. The van der Waals surface area contributed by atoms with E-state index in [0.29, 0.717) is 33.8 Å². The molecule has 40 heavy (non-hydrogen) atoms. The molecule has 0 aliphatic rings. The molecule has 1 heterocycles. The van der Waals surface area contributed by atoms with Gasteiger partial charge in [-0.1, -0.05) is 18.2 Å². The molecule has 0 aliphatic heterocycles. The van der Waals surface area contributed by atoms with Crippen molar-refractivity contribution in [2.24, 2.45) is 0 Å². The molecule has 204 valence electrons. The van der Waals surface area contributed by atoms with Gasteiger partial charge < -0.3 is 30.0 Å². The number of carbonyl (C=O) groups is 3. The van der Waals surface area contributed by atoms with E-state index in [1.54, 1.807) is 79.9 Å². The standard InChI is InChI=1S/C30H29N5O5/c1-19(2)32-27(36)17-35(30(38)26-16-20-6-5-7-25(31-3)29(20)34-26)18-28(37)33-21-8-10-23(11-9-21)40-24-14-12-22(39-4)13-15-24/h5-16,19,34H,17-18H2,1-2,4H3,(H,32,36)(H,33,37). The fraction of sp³-hybridized carbons (Fsp3) is 0.200. The molecule has 0 saturated heterocycles. The van der Waals surface area contributed by atoms with Gasteiger partial charge in [-0.3, -0.25) is 14.4 Å². The third-order valence-corrected chi connectivity index (χ3v) is 5.82. The van der Waals surface area contributed by atoms with Crippen LogP contribution in [0.2, 0.25) is 0 Å². The first-order valence-corrected chi connectivity index (χ1v) is 12.6. The number of nitrogens with zero attached hydrogens (tertiary/aromatic N) is 2. The quantitative estimate of drug-likeness (QED) is 0.242. The minimum atomic E-state index is -0.538. The molecule has 3 N–H and O–H groups in total. The number of ether oxygens (including phenoxy) is 2. The molecule has 0 spiro atoms. The second kappa shape index (κ2) is 12.5. The smallest absolute Gasteiger partial charge is 0.271 e. The summed E-state index contributed by atoms with van der Waals surface area (Å²) < 4.78 is 11.0. The van der Waals surface area contributed by atoms with Crippen LogP contribution >= 0.6 is 0 Å². The summed E-state index contributed by atoms with van der Waals surface area (Å²) in [6.07, 6.45) is 0. The van der Waals surface area contributed by atoms with E-state index < -0.39 is 17.7 Å². The zero-order chi connectivity index (χ0) is 28.6. The third-order valence-electron chi connectivity index (χ3n) is 5.82. The number of aromatic nitrogens is 1. The van der Waals surface area contributed by atoms with Crippen molar-refractivity contribution in [3.63, 3.8) is 0 Å². The van der Waals surface area contributed by atoms with E-state index in [0.717, 1.165) is 10.6 Å². The summed E-state index contributed by atoms with van der Waals surface area (Å²) in [5.74, 6) is 0.512. The molecular formula is C30H29N5O5. The van der Waals surface area contributed by atoms with Crippen LogP contribution in [-0.2, 0) is 9.59 Å². The van der Waals surface area contributed by atoms with Crippen molar-refractivity contribution in [3.05, 3.63) is 89.9 Å². The second-order valence-corrected chi connectivity index (χ2v) is 9.27. The summed E-state index contributed by atoms with van der Waals surface area (Å²) in [4.78, 5) is 46.5. The van der Waals surface area contributed by atoms with E-state index in [1.807, 2.05) is 13.8 Å². The first kappa shape index (κ1) is 27.7. The van der Waals surface area contributed by atoms with Crippen molar-refractivity contribution in [2.75, 3.05) is 25.5 Å². The number of benzene rings is 3. The lowest BCUT2D eigenvalue weighted by Gasteiger charge is -2.22. The molecule has 0 fully saturated rings. The van der Waals surface area contributed by atoms with Crippen LogP contribution in [0.4, 0.5) is 11.4 Å². The summed E-state index contributed by atoms with van der Waals surface area (Å²) in [6, 6.07) is 20.5. The lowest BCUT2D eigenvalue weighted by molar-refractivity contribution is -0.123. The topological polar surface area (TPSA) is 117 Å². The van der Waals surface area contributed by atoms with Gasteiger partial charge in [0.05, 0.1) is 19.2 Å². The predicted octanol–water partition coefficient (Wildman–Crippen LogP) is 5.13. The average Bonchev–Trinajstić information content (AvgIpc) is 3.38. The summed E-state index contributed by atoms with van der Waals surface area (Å²) in [6.45, 7) is 10.3. The highest BCUT2D eigenvalue weighted by atomic mass is 16.5. The summed E-state index contributed by atoms with van der Waals surface area (Å²) >= 11 is 0. The van der Waals surface area contributed by atoms with Crippen molar-refractivity contribution in [1.82, 2.24) is 15.2 Å². The van der Waals surface area contributed by atoms with Gasteiger partial charge in [0.15, 0.2) is 0 Å². The molecule has 0 atom stereocenters. The van der Waals surface area contributed by atoms with Crippen molar-refractivity contribution in [3.8, 4) is 17.2 Å². The van der Waals surface area contributed by atoms with Crippen LogP contribution in [0.5, 0.6) is 17.2 Å². The van der Waals surface area contributed by atoms with Crippen molar-refractivity contribution >= 4 is 40.0 Å². The highest BCUT2D eigenvalue weighted by Gasteiger charge is 2.24. The van der Waals surface area contributed by atoms with Gasteiger partial charge in [0.2, 0.25) is 17.5 Å². The van der Waals surface area contributed by atoms with Crippen LogP contribution < -0.4 is 20.1 Å². The summed E-state index contributed by atoms with van der Waals surface area (Å²) in [5.41, 5.74) is 1.57. The molecule has 0 bridgehead atoms. The normalized spacial score (nSPS) is 10.6. The van der Waals surface area contributed by atoms with Crippen LogP contribution in [0.3, 0.4) is 0 Å². The minimum absolute atomic E-state index is 0.133. The number of aromatic amines is 1. The Morgan fingerprint density at radius 1 is 0.925 bits per heavy atom. The monoisotopic (exact) mass is 539 g/mol. The first-order chi connectivity index (χ1) is 19.2. The number of rotatable bonds is 10. The summed E-state index contributed by atoms with van der Waals surface area (Å²) in [7, 11) is 1.59. The SMILES string of the molecule is [C-]#[N+]c1cccc2cc(C(=O)N(CC(=O)Nc3ccc(Oc4ccc(OC)cc4)cc3)CC(=O)NC(C)C)[nH]c12. The predicted molar refractivity (Wildman–Crippen MR) is 152 cm³/mol. The molecule has 10 heteroatoms. The van der Waals surface area contributed by atoms with E-state index in [9.17, 15) is 14.4 Å². The zero-order valence-corrected chi connectivity index (χ0v) is 22.4. The van der Waals surface area contributed by atoms with Gasteiger partial charge in [0.1, 0.15) is 36.0 Å². The summed E-state index contributed by atoms with van der Waals surface area (Å²) in [5, 5.41) is 6.19. The number of hydrogen-bond acceptors (Lipinski definition) is 5. The number of fused-ring (bicyclic) bond motifs is 1. The number of carbonyl (C=O) groups excluding carboxylic acids is 3. The molecular weight excluding hydrogens is 510 g/mol. The lowest BCUT2D eigenvalue weighted by atomic mass is 10.2. The molecule has 1 aromatic heterocycles. The van der Waals surface area contributed by atoms with Crippen LogP contribution in [0.25, 0.3) is 15.7 Å². The third kappa shape index (κ3) is 6.96. The van der Waals surface area contributed by atoms with Crippen molar-refractivity contribution < 1.29 is 23.9 Å². The fourth-order valence-electron chi connectivity index (χ4n) is 4.02. The minimum Gasteiger partial charge on any atom is -0.497 e. The van der Waals surface area contributed by atoms with Gasteiger partial charge in [-0.2, -0.15) is 0 Å². The highest BCUT2D eigenvalue weighted by Crippen LogP contribution is 2.27. The maximum Gasteiger partial charge on any atom is 0.271 e. The Bertz CT molecular complexity index is 1550. The zero-order valence-electron chi connectivity index (χ0n) is 22.4. The number of nitrogens with one attached hydrogen (secondary N) is 3. The lowest BCUT2D eigenvalue weighted by Crippen LogP contribution is -2.45. The van der Waals surface area contributed by atoms with Crippen LogP contribution in [0.15, 0.2) is 72.8 Å². The number of amides is 3. The number of H-pyrrole nitrogens is 1. The molecule has 10 nitrogen and oxygen atoms in total. The van der Waals surface area contributed by atoms with Gasteiger partial charge in [0, 0.05) is 11.7 Å². The highest BCUT2D eigenvalue weighted by molar-refractivity contribution is 6.04. The van der Waals surface area contributed by atoms with Crippen LogP contribution in [0.1, 0.15) is 24.3 Å². The first-order valence-electron chi connectivity index (χ1n) is 12.6. The van der Waals surface area contributed by atoms with Gasteiger partial charge in [-0.05, 0) is 73.8 Å². The van der Waals surface area contributed by atoms with Crippen molar-refractivity contribution in [1.29, 1.82) is 0 Å². The Hall–Kier alpha value is -5.30. The Labute approximate surface area is 231 Å². The second-order valence-electron chi connectivity index (χ2n) is 9.27. The van der Waals surface area contributed by atoms with Crippen LogP contribution in [-0.4, -0.2) is 53.8 Å². The van der Waals surface area contributed by atoms with Gasteiger partial charge in [0.25, 0.3) is 5.91 Å². The Morgan fingerprint density at radius 3 is 2.17 bits per heavy atom. The average molecular weight is 540 g/mol. The molecule has 4 aromatic rings. The number of para-hydroxylation sites is 1. The van der Waals surface area contributed by atoms with E-state index in [-0.39, 0.29) is 24.8 Å². The van der Waals surface area contributed by atoms with E-state index >= 15 is 0 Å². The van der Waals surface area contributed by atoms with Gasteiger partial charge in [-0.15, -0.1) is 0 Å². The number of hydrogen-bond donors (Lipinski definition) is 3. The molecule has 3 aromatic carbocycles. The maximum absolute atomic E-state index is 13.4. The van der Waals surface area contributed by atoms with Crippen molar-refractivity contribution in [2.45, 2.75) is 19.9 Å².